The van der Waals surface area contributed by atoms with Crippen LogP contribution in [0.4, 0.5) is 0 Å². The second-order valence-electron chi connectivity index (χ2n) is 5.21. The van der Waals surface area contributed by atoms with Gasteiger partial charge in [0, 0.05) is 6.20 Å². The maximum absolute atomic E-state index is 12.8. The van der Waals surface area contributed by atoms with Crippen LogP contribution in [0, 0.1) is 5.41 Å². The van der Waals surface area contributed by atoms with Gasteiger partial charge in [0.15, 0.2) is 11.5 Å². The summed E-state index contributed by atoms with van der Waals surface area (Å²) >= 11 is 3.20. The fourth-order valence-corrected chi connectivity index (χ4v) is 3.18. The van der Waals surface area contributed by atoms with Crippen molar-refractivity contribution in [1.29, 1.82) is 0 Å². The number of pyridine rings is 1. The summed E-state index contributed by atoms with van der Waals surface area (Å²) < 4.78 is 18.1. The van der Waals surface area contributed by atoms with E-state index in [-0.39, 0.29) is 42.2 Å². The number of carbonyl (C=O) groups is 1. The van der Waals surface area contributed by atoms with E-state index in [0.717, 1.165) is 0 Å². The smallest absolute Gasteiger partial charge is 0.238 e. The van der Waals surface area contributed by atoms with E-state index >= 15 is 0 Å². The number of methoxy groups -OCH3 is 1. The molecule has 1 saturated heterocycles. The zero-order valence-corrected chi connectivity index (χ0v) is 12.7. The highest BCUT2D eigenvalue weighted by Crippen LogP contribution is 2.39. The number of ketones is 1. The Kier molecular flexibility index (Phi) is 3.23. The van der Waals surface area contributed by atoms with Crippen LogP contribution in [0.5, 0.6) is 5.75 Å². The third kappa shape index (κ3) is 1.77. The molecular formula is C13H14BrNO5. The van der Waals surface area contributed by atoms with Crippen molar-refractivity contribution in [3.63, 3.8) is 0 Å². The first-order valence-corrected chi connectivity index (χ1v) is 6.99. The van der Waals surface area contributed by atoms with Crippen LogP contribution in [0.2, 0.25) is 0 Å². The summed E-state index contributed by atoms with van der Waals surface area (Å²) in [7, 11) is 1.39. The molecule has 0 amide bonds. The summed E-state index contributed by atoms with van der Waals surface area (Å²) in [4.78, 5) is 24.9. The van der Waals surface area contributed by atoms with Crippen molar-refractivity contribution in [2.75, 3.05) is 20.5 Å². The van der Waals surface area contributed by atoms with Gasteiger partial charge in [-0.3, -0.25) is 9.59 Å². The summed E-state index contributed by atoms with van der Waals surface area (Å²) in [5.41, 5.74) is -0.827. The minimum Gasteiger partial charge on any atom is -0.491 e. The summed E-state index contributed by atoms with van der Waals surface area (Å²) in [6, 6.07) is 0. The number of aromatic nitrogens is 1. The lowest BCUT2D eigenvalue weighted by atomic mass is 9.76. The fraction of sp³-hybridized carbons (Fsp3) is 0.538. The van der Waals surface area contributed by atoms with Gasteiger partial charge < -0.3 is 18.8 Å². The Bertz CT molecular complexity index is 640. The average molecular weight is 344 g/mol. The topological polar surface area (TPSA) is 66.8 Å². The Morgan fingerprint density at radius 3 is 2.95 bits per heavy atom. The third-order valence-electron chi connectivity index (χ3n) is 3.96. The van der Waals surface area contributed by atoms with Crippen LogP contribution in [-0.4, -0.2) is 37.0 Å². The molecule has 0 spiro atoms. The van der Waals surface area contributed by atoms with Gasteiger partial charge in [-0.1, -0.05) is 0 Å². The molecule has 3 rings (SSSR count). The van der Waals surface area contributed by atoms with Crippen LogP contribution in [0.15, 0.2) is 15.5 Å². The summed E-state index contributed by atoms with van der Waals surface area (Å²) in [6.07, 6.45) is 1.34. The van der Waals surface area contributed by atoms with Crippen LogP contribution >= 0.6 is 15.9 Å². The molecule has 1 fully saturated rings. The maximum Gasteiger partial charge on any atom is 0.238 e. The summed E-state index contributed by atoms with van der Waals surface area (Å²) in [5, 5.41) is 0. The Morgan fingerprint density at radius 2 is 2.25 bits per heavy atom. The van der Waals surface area contributed by atoms with E-state index in [2.05, 4.69) is 15.9 Å². The van der Waals surface area contributed by atoms with Crippen molar-refractivity contribution >= 4 is 21.7 Å². The highest BCUT2D eigenvalue weighted by atomic mass is 79.9. The lowest BCUT2D eigenvalue weighted by Crippen LogP contribution is -2.55. The first kappa shape index (κ1) is 13.8. The fourth-order valence-electron chi connectivity index (χ4n) is 2.75. The van der Waals surface area contributed by atoms with Crippen LogP contribution < -0.4 is 10.2 Å². The monoisotopic (exact) mass is 343 g/mol. The van der Waals surface area contributed by atoms with Crippen LogP contribution in [-0.2, 0) is 16.0 Å². The van der Waals surface area contributed by atoms with Gasteiger partial charge in [-0.15, -0.1) is 0 Å². The predicted octanol–water partition coefficient (Wildman–Crippen LogP) is 1.19. The first-order valence-electron chi connectivity index (χ1n) is 6.20. The zero-order valence-electron chi connectivity index (χ0n) is 11.1. The first-order chi connectivity index (χ1) is 9.49. The van der Waals surface area contributed by atoms with Gasteiger partial charge in [0.1, 0.15) is 12.5 Å². The van der Waals surface area contributed by atoms with E-state index in [0.29, 0.717) is 11.0 Å². The standard InChI is InChI=1S/C13H14BrNO5/c1-13-5-19-6-20-8(13)4-15-3-7(14)10(16)11(18-2)9(15)12(13)17/h3,8H,4-6H2,1-2H3. The van der Waals surface area contributed by atoms with Crippen LogP contribution in [0.25, 0.3) is 0 Å². The normalized spacial score (nSPS) is 28.8. The lowest BCUT2D eigenvalue weighted by molar-refractivity contribution is -0.195. The molecule has 0 saturated carbocycles. The molecule has 0 radical (unpaired) electrons. The average Bonchev–Trinajstić information content (AvgIpc) is 2.43. The molecule has 20 heavy (non-hydrogen) atoms. The van der Waals surface area contributed by atoms with Gasteiger partial charge >= 0.3 is 0 Å². The van der Waals surface area contributed by atoms with Gasteiger partial charge in [-0.2, -0.15) is 0 Å². The number of hydrogen-bond donors (Lipinski definition) is 0. The molecule has 1 aromatic rings. The minimum absolute atomic E-state index is 0.0645. The highest BCUT2D eigenvalue weighted by Gasteiger charge is 2.50. The van der Waals surface area contributed by atoms with E-state index < -0.39 is 5.41 Å². The number of hydrogen-bond acceptors (Lipinski definition) is 5. The van der Waals surface area contributed by atoms with Crippen LogP contribution in [0.1, 0.15) is 17.4 Å². The highest BCUT2D eigenvalue weighted by molar-refractivity contribution is 9.10. The quantitative estimate of drug-likeness (QED) is 0.766. The number of nitrogens with zero attached hydrogens (tertiary/aromatic N) is 1. The van der Waals surface area contributed by atoms with Crippen molar-refractivity contribution in [3.8, 4) is 5.75 Å². The van der Waals surface area contributed by atoms with Crippen molar-refractivity contribution in [3.05, 3.63) is 26.6 Å². The van der Waals surface area contributed by atoms with E-state index in [4.69, 9.17) is 14.2 Å². The molecule has 2 atom stereocenters. The van der Waals surface area contributed by atoms with Crippen molar-refractivity contribution in [1.82, 2.24) is 4.57 Å². The van der Waals surface area contributed by atoms with E-state index in [1.54, 1.807) is 17.7 Å². The molecule has 7 heteroatoms. The second kappa shape index (κ2) is 4.68. The predicted molar refractivity (Wildman–Crippen MR) is 73.1 cm³/mol. The van der Waals surface area contributed by atoms with Crippen molar-refractivity contribution in [2.24, 2.45) is 5.41 Å². The number of halogens is 1. The van der Waals surface area contributed by atoms with E-state index in [9.17, 15) is 9.59 Å². The van der Waals surface area contributed by atoms with E-state index in [1.165, 1.54) is 7.11 Å². The minimum atomic E-state index is -0.786. The van der Waals surface area contributed by atoms with Crippen LogP contribution in [0.3, 0.4) is 0 Å². The Balaban J connectivity index is 2.23. The zero-order chi connectivity index (χ0) is 14.5. The molecule has 0 aliphatic carbocycles. The molecule has 0 N–H and O–H groups in total. The van der Waals surface area contributed by atoms with Crippen molar-refractivity contribution in [2.45, 2.75) is 19.6 Å². The number of fused-ring (bicyclic) bond motifs is 2. The largest absolute Gasteiger partial charge is 0.491 e. The number of carbonyl (C=O) groups excluding carboxylic acids is 1. The SMILES string of the molecule is COc1c2n(cc(Br)c1=O)CC1OCOCC1(C)C2=O. The van der Waals surface area contributed by atoms with Crippen molar-refractivity contribution < 1.29 is 19.0 Å². The lowest BCUT2D eigenvalue weighted by Gasteiger charge is -2.43. The Morgan fingerprint density at radius 1 is 1.50 bits per heavy atom. The molecule has 6 nitrogen and oxygen atoms in total. The molecular weight excluding hydrogens is 330 g/mol. The second-order valence-corrected chi connectivity index (χ2v) is 6.06. The molecule has 2 aliphatic rings. The molecule has 2 aliphatic heterocycles. The third-order valence-corrected chi connectivity index (χ3v) is 4.53. The maximum atomic E-state index is 12.8. The number of ether oxygens (including phenoxy) is 3. The Hall–Kier alpha value is -1.18. The number of rotatable bonds is 1. The van der Waals surface area contributed by atoms with Gasteiger partial charge in [0.25, 0.3) is 0 Å². The summed E-state index contributed by atoms with van der Waals surface area (Å²) in [6.45, 7) is 2.75. The Labute approximate surface area is 123 Å². The number of Topliss-reactive ketones (excluding diaryl/α,β-unsaturated/α-hetero) is 1. The molecule has 3 heterocycles. The molecule has 0 aromatic carbocycles. The molecule has 1 aromatic heterocycles. The van der Waals surface area contributed by atoms with Gasteiger partial charge in [-0.25, -0.2) is 0 Å². The van der Waals surface area contributed by atoms with Gasteiger partial charge in [0.05, 0.1) is 36.3 Å². The summed E-state index contributed by atoms with van der Waals surface area (Å²) in [5.74, 6) is -0.121. The van der Waals surface area contributed by atoms with Gasteiger partial charge in [0.2, 0.25) is 5.43 Å². The molecule has 0 bridgehead atoms. The van der Waals surface area contributed by atoms with Gasteiger partial charge in [-0.05, 0) is 22.9 Å². The molecule has 108 valence electrons. The van der Waals surface area contributed by atoms with E-state index in [1.807, 2.05) is 0 Å². The molecule has 2 unspecified atom stereocenters.